The van der Waals surface area contributed by atoms with Crippen molar-refractivity contribution < 1.29 is 27.8 Å². The Balaban J connectivity index is 2.46. The van der Waals surface area contributed by atoms with Crippen molar-refractivity contribution in [2.75, 3.05) is 6.61 Å². The molecule has 1 unspecified atom stereocenters. The average Bonchev–Trinajstić information content (AvgIpc) is 2.92. The Kier molecular flexibility index (Phi) is 6.69. The number of aromatic amines is 2. The average molecular weight is 383 g/mol. The number of carbonyl (C=O) groups is 2. The van der Waals surface area contributed by atoms with Crippen molar-refractivity contribution in [3.63, 3.8) is 0 Å². The summed E-state index contributed by atoms with van der Waals surface area (Å²) in [5.74, 6) is -2.26. The normalized spacial score (nSPS) is 12.0. The molecule has 0 bridgehead atoms. The van der Waals surface area contributed by atoms with Crippen molar-refractivity contribution in [1.29, 1.82) is 0 Å². The zero-order valence-corrected chi connectivity index (χ0v) is 14.5. The third-order valence-electron chi connectivity index (χ3n) is 3.76. The molecular weight excluding hydrogens is 364 g/mol. The molecule has 0 saturated carbocycles. The summed E-state index contributed by atoms with van der Waals surface area (Å²) in [6.07, 6.45) is -0.501. The first-order chi connectivity index (χ1) is 12.8. The number of nitrogens with two attached hydrogens (primary N) is 1. The van der Waals surface area contributed by atoms with Crippen LogP contribution in [0.15, 0.2) is 29.1 Å². The van der Waals surface area contributed by atoms with Crippen LogP contribution in [0.4, 0.5) is 8.78 Å². The zero-order chi connectivity index (χ0) is 20.0. The lowest BCUT2D eigenvalue weighted by Crippen LogP contribution is -2.22. The standard InChI is InChI=1S/C17H19F2N3O5/c1-2-26-14(24)8-12-15(16(25)22-21-12)11(7-13(20)23)9-4-3-5-10(6-9)27-17(18)19/h3-6,11,17H,2,7-8H2,1H3,(H2,20,23)(H2,21,22,25). The van der Waals surface area contributed by atoms with Gasteiger partial charge in [-0.05, 0) is 24.6 Å². The highest BCUT2D eigenvalue weighted by molar-refractivity contribution is 5.76. The van der Waals surface area contributed by atoms with Gasteiger partial charge in [0.1, 0.15) is 5.75 Å². The van der Waals surface area contributed by atoms with Gasteiger partial charge < -0.3 is 20.3 Å². The number of carbonyl (C=O) groups excluding carboxylic acids is 2. The van der Waals surface area contributed by atoms with Crippen LogP contribution in [0.1, 0.15) is 36.1 Å². The number of rotatable bonds is 9. The van der Waals surface area contributed by atoms with Crippen LogP contribution in [0.3, 0.4) is 0 Å². The number of hydrogen-bond acceptors (Lipinski definition) is 5. The molecule has 8 nitrogen and oxygen atoms in total. The number of amides is 1. The predicted octanol–water partition coefficient (Wildman–Crippen LogP) is 1.42. The van der Waals surface area contributed by atoms with E-state index in [1.54, 1.807) is 13.0 Å². The summed E-state index contributed by atoms with van der Waals surface area (Å²) in [5.41, 5.74) is 5.44. The van der Waals surface area contributed by atoms with E-state index in [-0.39, 0.29) is 36.5 Å². The Labute approximate surface area is 152 Å². The summed E-state index contributed by atoms with van der Waals surface area (Å²) in [5, 5.41) is 4.96. The number of nitrogens with one attached hydrogen (secondary N) is 2. The Morgan fingerprint density at radius 2 is 2.00 bits per heavy atom. The molecule has 0 aliphatic heterocycles. The molecule has 0 saturated heterocycles. The minimum Gasteiger partial charge on any atom is -0.466 e. The fourth-order valence-corrected chi connectivity index (χ4v) is 2.76. The number of aromatic nitrogens is 2. The molecular formula is C17H19F2N3O5. The van der Waals surface area contributed by atoms with Gasteiger partial charge in [-0.15, -0.1) is 0 Å². The molecule has 2 aromatic rings. The fourth-order valence-electron chi connectivity index (χ4n) is 2.76. The molecule has 4 N–H and O–H groups in total. The molecule has 10 heteroatoms. The largest absolute Gasteiger partial charge is 0.466 e. The van der Waals surface area contributed by atoms with Crippen molar-refractivity contribution in [3.8, 4) is 5.75 Å². The first-order valence-electron chi connectivity index (χ1n) is 8.09. The van der Waals surface area contributed by atoms with Crippen LogP contribution in [0.2, 0.25) is 0 Å². The molecule has 0 radical (unpaired) electrons. The number of ether oxygens (including phenoxy) is 2. The van der Waals surface area contributed by atoms with Crippen LogP contribution in [0, 0.1) is 0 Å². The van der Waals surface area contributed by atoms with Crippen molar-refractivity contribution in [2.24, 2.45) is 5.73 Å². The Hall–Kier alpha value is -3.17. The number of primary amides is 1. The molecule has 1 aromatic carbocycles. The Morgan fingerprint density at radius 1 is 1.26 bits per heavy atom. The van der Waals surface area contributed by atoms with Gasteiger partial charge in [-0.2, -0.15) is 8.78 Å². The second-order valence-electron chi connectivity index (χ2n) is 5.63. The summed E-state index contributed by atoms with van der Waals surface area (Å²) in [6, 6.07) is 5.61. The quantitative estimate of drug-likeness (QED) is 0.564. The van der Waals surface area contributed by atoms with Crippen LogP contribution >= 0.6 is 0 Å². The molecule has 1 atom stereocenters. The van der Waals surface area contributed by atoms with Gasteiger partial charge in [0.2, 0.25) is 5.91 Å². The van der Waals surface area contributed by atoms with Crippen LogP contribution in [0.25, 0.3) is 0 Å². The first-order valence-corrected chi connectivity index (χ1v) is 8.09. The van der Waals surface area contributed by atoms with E-state index in [0.717, 1.165) is 0 Å². The summed E-state index contributed by atoms with van der Waals surface area (Å²) in [7, 11) is 0. The highest BCUT2D eigenvalue weighted by Crippen LogP contribution is 2.30. The van der Waals surface area contributed by atoms with E-state index >= 15 is 0 Å². The Bertz CT molecular complexity index is 862. The van der Waals surface area contributed by atoms with E-state index in [1.165, 1.54) is 18.2 Å². The van der Waals surface area contributed by atoms with Crippen LogP contribution in [0.5, 0.6) is 5.75 Å². The molecule has 2 rings (SSSR count). The van der Waals surface area contributed by atoms with Gasteiger partial charge in [0.05, 0.1) is 18.7 Å². The molecule has 27 heavy (non-hydrogen) atoms. The number of benzene rings is 1. The van der Waals surface area contributed by atoms with Crippen molar-refractivity contribution >= 4 is 11.9 Å². The van der Waals surface area contributed by atoms with Crippen molar-refractivity contribution in [2.45, 2.75) is 32.3 Å². The van der Waals surface area contributed by atoms with Gasteiger partial charge in [-0.1, -0.05) is 12.1 Å². The third kappa shape index (κ3) is 5.40. The smallest absolute Gasteiger partial charge is 0.387 e. The lowest BCUT2D eigenvalue weighted by molar-refractivity contribution is -0.142. The topological polar surface area (TPSA) is 127 Å². The van der Waals surface area contributed by atoms with E-state index in [2.05, 4.69) is 14.9 Å². The van der Waals surface area contributed by atoms with E-state index in [1.807, 2.05) is 0 Å². The van der Waals surface area contributed by atoms with Crippen LogP contribution in [-0.4, -0.2) is 35.3 Å². The number of H-pyrrole nitrogens is 2. The second-order valence-corrected chi connectivity index (χ2v) is 5.63. The molecule has 1 amide bonds. The highest BCUT2D eigenvalue weighted by Gasteiger charge is 2.26. The molecule has 146 valence electrons. The SMILES string of the molecule is CCOC(=O)Cc1[nH][nH]c(=O)c1C(CC(N)=O)c1cccc(OC(F)F)c1. The summed E-state index contributed by atoms with van der Waals surface area (Å²) >= 11 is 0. The maximum absolute atomic E-state index is 12.5. The van der Waals surface area contributed by atoms with E-state index in [4.69, 9.17) is 10.5 Å². The Morgan fingerprint density at radius 3 is 2.63 bits per heavy atom. The summed E-state index contributed by atoms with van der Waals surface area (Å²) in [4.78, 5) is 35.6. The van der Waals surface area contributed by atoms with Gasteiger partial charge in [0.25, 0.3) is 5.56 Å². The fraction of sp³-hybridized carbons (Fsp3) is 0.353. The molecule has 0 aliphatic carbocycles. The maximum atomic E-state index is 12.5. The van der Waals surface area contributed by atoms with Crippen LogP contribution < -0.4 is 16.0 Å². The number of hydrogen-bond donors (Lipinski definition) is 3. The first kappa shape index (κ1) is 20.1. The van der Waals surface area contributed by atoms with Gasteiger partial charge >= 0.3 is 12.6 Å². The summed E-state index contributed by atoms with van der Waals surface area (Å²) in [6.45, 7) is -1.21. The maximum Gasteiger partial charge on any atom is 0.387 e. The van der Waals surface area contributed by atoms with Crippen molar-refractivity contribution in [1.82, 2.24) is 10.2 Å². The molecule has 1 heterocycles. The van der Waals surface area contributed by atoms with E-state index < -0.39 is 30.0 Å². The van der Waals surface area contributed by atoms with Gasteiger partial charge in [0, 0.05) is 17.9 Å². The number of alkyl halides is 2. The van der Waals surface area contributed by atoms with Gasteiger partial charge in [-0.3, -0.25) is 19.5 Å². The minimum absolute atomic E-state index is 0.107. The van der Waals surface area contributed by atoms with Gasteiger partial charge in [-0.25, -0.2) is 0 Å². The third-order valence-corrected chi connectivity index (χ3v) is 3.76. The van der Waals surface area contributed by atoms with E-state index in [0.29, 0.717) is 5.56 Å². The predicted molar refractivity (Wildman–Crippen MR) is 90.5 cm³/mol. The van der Waals surface area contributed by atoms with Crippen molar-refractivity contribution in [3.05, 3.63) is 51.4 Å². The molecule has 1 aromatic heterocycles. The van der Waals surface area contributed by atoms with E-state index in [9.17, 15) is 23.2 Å². The lowest BCUT2D eigenvalue weighted by atomic mass is 9.87. The lowest BCUT2D eigenvalue weighted by Gasteiger charge is -2.17. The monoisotopic (exact) mass is 383 g/mol. The molecule has 0 aliphatic rings. The molecule has 0 spiro atoms. The van der Waals surface area contributed by atoms with Gasteiger partial charge in [0.15, 0.2) is 0 Å². The molecule has 0 fully saturated rings. The number of esters is 1. The zero-order valence-electron chi connectivity index (χ0n) is 14.5. The van der Waals surface area contributed by atoms with Crippen LogP contribution in [-0.2, 0) is 20.7 Å². The second kappa shape index (κ2) is 8.97. The summed E-state index contributed by atoms with van der Waals surface area (Å²) < 4.78 is 34.2. The number of halogens is 2. The highest BCUT2D eigenvalue weighted by atomic mass is 19.3. The minimum atomic E-state index is -3.02.